The van der Waals surface area contributed by atoms with Crippen LogP contribution in [0.25, 0.3) is 88.4 Å². The minimum atomic E-state index is -2.51. The zero-order valence-electron chi connectivity index (χ0n) is 44.2. The molecule has 0 atom stereocenters. The first-order valence-electron chi connectivity index (χ1n) is 26.8. The number of benzene rings is 6. The normalized spacial score (nSPS) is 15.0. The predicted octanol–water partition coefficient (Wildman–Crippen LogP) is 18.1. The van der Waals surface area contributed by atoms with Gasteiger partial charge in [0.25, 0.3) is 0 Å². The first-order chi connectivity index (χ1) is 37.7. The third-order valence-electron chi connectivity index (χ3n) is 15.0. The van der Waals surface area contributed by atoms with E-state index in [9.17, 15) is 0 Å². The van der Waals surface area contributed by atoms with E-state index < -0.39 is 7.26 Å². The van der Waals surface area contributed by atoms with Gasteiger partial charge in [-0.3, -0.25) is 0 Å². The van der Waals surface area contributed by atoms with Crippen molar-refractivity contribution in [3.63, 3.8) is 0 Å². The van der Waals surface area contributed by atoms with Crippen LogP contribution in [0.5, 0.6) is 0 Å². The molecule has 9 heteroatoms. The van der Waals surface area contributed by atoms with E-state index in [1.807, 2.05) is 40.6 Å². The van der Waals surface area contributed by atoms with Crippen LogP contribution in [0.3, 0.4) is 0 Å². The van der Waals surface area contributed by atoms with E-state index in [2.05, 4.69) is 222 Å². The van der Waals surface area contributed by atoms with Crippen LogP contribution in [0.2, 0.25) is 0 Å². The molecule has 0 radical (unpaired) electrons. The average molecular weight is 1250 g/mol. The Morgan fingerprint density at radius 3 is 1.57 bits per heavy atom. The van der Waals surface area contributed by atoms with Crippen molar-refractivity contribution in [3.05, 3.63) is 207 Å². The van der Waals surface area contributed by atoms with Crippen LogP contribution in [-0.2, 0) is 30.8 Å². The number of allylic oxidation sites excluding steroid dienone is 8. The number of nitrogens with zero attached hydrogens (tertiary/aromatic N) is 4. The Bertz CT molecular complexity index is 4010. The average Bonchev–Trinajstić information content (AvgIpc) is 4.38. The first kappa shape index (κ1) is 51.4. The molecule has 77 heavy (non-hydrogen) atoms. The Labute approximate surface area is 475 Å². The van der Waals surface area contributed by atoms with Crippen molar-refractivity contribution >= 4 is 103 Å². The number of hydrogen-bond donors (Lipinski definition) is 0. The zero-order valence-corrected chi connectivity index (χ0v) is 50.1. The fraction of sp³-hybridized carbons (Fsp3) is 0.191. The number of aromatic nitrogens is 4. The van der Waals surface area contributed by atoms with Crippen molar-refractivity contribution in [2.24, 2.45) is 11.8 Å². The molecular formula is C68H59N4OsPS3+. The molecule has 0 unspecified atom stereocenters. The van der Waals surface area contributed by atoms with Crippen LogP contribution in [-0.4, -0.2) is 18.7 Å². The van der Waals surface area contributed by atoms with Crippen LogP contribution in [0.4, 0.5) is 0 Å². The molecule has 0 bridgehead atoms. The second-order valence-electron chi connectivity index (χ2n) is 21.0. The Hall–Kier alpha value is -6.31. The fourth-order valence-corrected chi connectivity index (χ4v) is 20.5. The molecule has 2 aliphatic carbocycles. The van der Waals surface area contributed by atoms with Crippen molar-refractivity contribution in [3.8, 4) is 47.8 Å². The molecule has 1 fully saturated rings. The van der Waals surface area contributed by atoms with E-state index in [1.54, 1.807) is 0 Å². The molecule has 10 aromatic rings. The summed E-state index contributed by atoms with van der Waals surface area (Å²) in [6, 6.07) is 51.6. The van der Waals surface area contributed by atoms with Crippen LogP contribution >= 0.6 is 41.7 Å². The van der Waals surface area contributed by atoms with E-state index in [4.69, 9.17) is 18.7 Å². The first-order valence-corrected chi connectivity index (χ1v) is 32.2. The van der Waals surface area contributed by atoms with Gasteiger partial charge in [0.05, 0.1) is 5.69 Å². The van der Waals surface area contributed by atoms with Crippen molar-refractivity contribution in [1.82, 2.24) is 18.7 Å². The van der Waals surface area contributed by atoms with Gasteiger partial charge in [0, 0.05) is 26.3 Å². The van der Waals surface area contributed by atoms with Gasteiger partial charge >= 0.3 is 337 Å². The second kappa shape index (κ2) is 21.8. The quantitative estimate of drug-likeness (QED) is 0.0804. The topological polar surface area (TPSA) is 51.6 Å². The number of thiophene rings is 2. The Morgan fingerprint density at radius 1 is 0.610 bits per heavy atom. The van der Waals surface area contributed by atoms with Crippen molar-refractivity contribution in [2.45, 2.75) is 73.6 Å². The van der Waals surface area contributed by atoms with Crippen LogP contribution in [0.1, 0.15) is 81.7 Å². The van der Waals surface area contributed by atoms with Crippen LogP contribution in [0.15, 0.2) is 186 Å². The van der Waals surface area contributed by atoms with Gasteiger partial charge in [-0.05, 0) is 42.4 Å². The number of rotatable bonds is 14. The summed E-state index contributed by atoms with van der Waals surface area (Å²) >= 11 is 6.81. The summed E-state index contributed by atoms with van der Waals surface area (Å²) < 4.78 is 14.4. The monoisotopic (exact) mass is 1250 g/mol. The Kier molecular flexibility index (Phi) is 14.6. The Balaban J connectivity index is 1.12. The molecule has 2 aliphatic rings. The maximum absolute atomic E-state index is 5.83. The van der Waals surface area contributed by atoms with E-state index in [1.165, 1.54) is 81.3 Å². The summed E-state index contributed by atoms with van der Waals surface area (Å²) in [6.45, 7) is 13.6. The van der Waals surface area contributed by atoms with Gasteiger partial charge in [0.1, 0.15) is 0 Å². The van der Waals surface area contributed by atoms with E-state index >= 15 is 0 Å². The molecule has 0 spiro atoms. The summed E-state index contributed by atoms with van der Waals surface area (Å²) in [5.41, 5.74) is 16.4. The summed E-state index contributed by atoms with van der Waals surface area (Å²) in [7, 11) is -2.51. The molecule has 1 saturated carbocycles. The summed E-state index contributed by atoms with van der Waals surface area (Å²) in [6.07, 6.45) is 19.3. The van der Waals surface area contributed by atoms with E-state index in [-0.39, 0.29) is 0 Å². The molecule has 4 nitrogen and oxygen atoms in total. The van der Waals surface area contributed by atoms with Crippen molar-refractivity contribution < 1.29 is 17.9 Å². The number of fused-ring (bicyclic) bond motifs is 5. The van der Waals surface area contributed by atoms with E-state index in [0.29, 0.717) is 11.8 Å². The molecule has 0 N–H and O–H groups in total. The summed E-state index contributed by atoms with van der Waals surface area (Å²) in [4.78, 5) is 16.4. The Morgan fingerprint density at radius 2 is 1.10 bits per heavy atom. The van der Waals surface area contributed by atoms with Gasteiger partial charge in [-0.2, -0.15) is 0 Å². The van der Waals surface area contributed by atoms with Gasteiger partial charge < -0.3 is 0 Å². The summed E-state index contributed by atoms with van der Waals surface area (Å²) in [5.74, 6) is 0.931. The van der Waals surface area contributed by atoms with Crippen molar-refractivity contribution in [2.75, 3.05) is 0 Å². The number of hydrogen-bond acceptors (Lipinski definition) is 7. The fourth-order valence-electron chi connectivity index (χ4n) is 11.8. The third kappa shape index (κ3) is 9.26. The molecule has 381 valence electrons. The van der Waals surface area contributed by atoms with Gasteiger partial charge in [0.2, 0.25) is 0 Å². The molecule has 0 aliphatic heterocycles. The zero-order chi connectivity index (χ0) is 52.8. The van der Waals surface area contributed by atoms with Gasteiger partial charge in [0.15, 0.2) is 0 Å². The van der Waals surface area contributed by atoms with Gasteiger partial charge in [-0.1, -0.05) is 56.3 Å². The molecule has 6 aromatic carbocycles. The van der Waals surface area contributed by atoms with Gasteiger partial charge in [-0.25, -0.2) is 0 Å². The molecule has 4 heterocycles. The SMILES string of the molecule is CC=C1CCCC1=CC(/C=C/c1sc(-c2c3nsnc3c(-c3cc(CC(C)C)c(/C=C/C)s3)c3nc4c(nc23)-c2cccc3cccc-4c23)cc1CC(C)C)=C([C]#[Os])[P+](c1ccccc1)(c1ccccc1)c1ccccc1. The molecular weight excluding hydrogens is 1190 g/mol. The minimum absolute atomic E-state index is 0.423. The third-order valence-corrected chi connectivity index (χ3v) is 23.3. The van der Waals surface area contributed by atoms with Gasteiger partial charge in [-0.15, -0.1) is 11.3 Å². The van der Waals surface area contributed by atoms with E-state index in [0.717, 1.165) is 97.6 Å². The molecule has 12 rings (SSSR count). The molecule has 0 amide bonds. The van der Waals surface area contributed by atoms with Crippen LogP contribution in [0, 0.1) is 16.2 Å². The predicted molar refractivity (Wildman–Crippen MR) is 332 cm³/mol. The molecule has 4 aromatic heterocycles. The van der Waals surface area contributed by atoms with Crippen molar-refractivity contribution in [1.29, 1.82) is 0 Å². The second-order valence-corrected chi connectivity index (χ2v) is 27.6. The maximum atomic E-state index is 5.83. The summed E-state index contributed by atoms with van der Waals surface area (Å²) in [5, 5.41) is 7.59. The van der Waals surface area contributed by atoms with Crippen LogP contribution < -0.4 is 15.9 Å². The standard InChI is InChI=1S/C68H59N4PS3.Os/c1-8-22-56-49(37-42(3)4)40-58(74-56)61-65-66(70-64-55-34-21-25-46-24-20-33-54(60(46)55)63(64)69-65)62(68-67(61)71-76-72-68)59-41-50(38-43(5)6)57(75-59)36-35-47(39-48-26-19-23-45(48)9-2)44(7)73(51-27-13-10-14-28-51,52-29-15-11-16-30-52)53-31-17-12-18-32-53;/h8-18,20-22,24-25,27-36,39-43H,19,23,26,37-38H2,1-6H3;/q+1;/b22-8+,36-35+,45-9?,47-44?,48-39?;. The molecule has 0 saturated heterocycles.